The Morgan fingerprint density at radius 1 is 1.40 bits per heavy atom. The molecule has 2 N–H and O–H groups in total. The van der Waals surface area contributed by atoms with Crippen LogP contribution >= 0.6 is 0 Å². The molecule has 3 nitrogen and oxygen atoms in total. The van der Waals surface area contributed by atoms with Gasteiger partial charge in [-0.15, -0.1) is 0 Å². The lowest BCUT2D eigenvalue weighted by atomic mass is 9.93. The smallest absolute Gasteiger partial charge is 0.0506 e. The number of rotatable bonds is 2. The third-order valence-electron chi connectivity index (χ3n) is 3.87. The van der Waals surface area contributed by atoms with Crippen LogP contribution in [0.3, 0.4) is 0 Å². The van der Waals surface area contributed by atoms with Gasteiger partial charge in [-0.2, -0.15) is 0 Å². The summed E-state index contributed by atoms with van der Waals surface area (Å²) in [5.74, 6) is 1.45. The summed E-state index contributed by atoms with van der Waals surface area (Å²) in [6, 6.07) is 0.378. The predicted molar refractivity (Wildman–Crippen MR) is 61.7 cm³/mol. The molecule has 0 saturated carbocycles. The molecule has 2 saturated heterocycles. The summed E-state index contributed by atoms with van der Waals surface area (Å²) in [5.41, 5.74) is 6.10. The molecule has 3 heteroatoms. The van der Waals surface area contributed by atoms with Gasteiger partial charge in [-0.1, -0.05) is 6.92 Å². The van der Waals surface area contributed by atoms with E-state index in [2.05, 4.69) is 11.8 Å². The van der Waals surface area contributed by atoms with Crippen molar-refractivity contribution in [3.05, 3.63) is 0 Å². The van der Waals surface area contributed by atoms with Crippen LogP contribution in [0.25, 0.3) is 0 Å². The van der Waals surface area contributed by atoms with Crippen molar-refractivity contribution in [1.82, 2.24) is 4.90 Å². The number of nitrogens with two attached hydrogens (primary N) is 1. The Kier molecular flexibility index (Phi) is 4.00. The molecular weight excluding hydrogens is 188 g/mol. The predicted octanol–water partition coefficient (Wildman–Crippen LogP) is 1.08. The number of nitrogens with zero attached hydrogens (tertiary/aromatic N) is 1. The average molecular weight is 212 g/mol. The quantitative estimate of drug-likeness (QED) is 0.744. The largest absolute Gasteiger partial charge is 0.381 e. The molecule has 0 aromatic carbocycles. The maximum absolute atomic E-state index is 6.10. The van der Waals surface area contributed by atoms with Gasteiger partial charge in [0.05, 0.1) is 6.61 Å². The standard InChI is InChI=1S/C12H24N2O/c1-10-4-5-14(8-12(10)13)7-11-3-2-6-15-9-11/h10-12H,2-9,13H2,1H3. The highest BCUT2D eigenvalue weighted by molar-refractivity contribution is 4.82. The zero-order valence-electron chi connectivity index (χ0n) is 9.82. The zero-order chi connectivity index (χ0) is 10.7. The molecule has 2 fully saturated rings. The summed E-state index contributed by atoms with van der Waals surface area (Å²) in [6.07, 6.45) is 3.83. The van der Waals surface area contributed by atoms with Crippen LogP contribution < -0.4 is 5.73 Å². The van der Waals surface area contributed by atoms with Crippen molar-refractivity contribution in [3.8, 4) is 0 Å². The van der Waals surface area contributed by atoms with Gasteiger partial charge in [-0.3, -0.25) is 0 Å². The minimum Gasteiger partial charge on any atom is -0.381 e. The number of hydrogen-bond acceptors (Lipinski definition) is 3. The molecule has 0 aromatic rings. The van der Waals surface area contributed by atoms with Gasteiger partial charge >= 0.3 is 0 Å². The van der Waals surface area contributed by atoms with Gasteiger partial charge in [-0.05, 0) is 37.6 Å². The number of likely N-dealkylation sites (tertiary alicyclic amines) is 1. The van der Waals surface area contributed by atoms with Gasteiger partial charge < -0.3 is 15.4 Å². The Hall–Kier alpha value is -0.120. The molecule has 15 heavy (non-hydrogen) atoms. The van der Waals surface area contributed by atoms with E-state index in [1.165, 1.54) is 32.4 Å². The van der Waals surface area contributed by atoms with Crippen LogP contribution in [-0.2, 0) is 4.74 Å². The molecule has 0 bridgehead atoms. The Bertz CT molecular complexity index is 192. The maximum atomic E-state index is 6.10. The SMILES string of the molecule is CC1CCN(CC2CCCOC2)CC1N. The monoisotopic (exact) mass is 212 g/mol. The summed E-state index contributed by atoms with van der Waals surface area (Å²) < 4.78 is 5.51. The first-order valence-corrected chi connectivity index (χ1v) is 6.31. The van der Waals surface area contributed by atoms with E-state index in [-0.39, 0.29) is 0 Å². The van der Waals surface area contributed by atoms with Crippen LogP contribution in [0.5, 0.6) is 0 Å². The second-order valence-corrected chi connectivity index (χ2v) is 5.27. The molecular formula is C12H24N2O. The normalized spacial score (nSPS) is 39.2. The van der Waals surface area contributed by atoms with E-state index in [1.54, 1.807) is 0 Å². The maximum Gasteiger partial charge on any atom is 0.0506 e. The van der Waals surface area contributed by atoms with Gasteiger partial charge in [0.15, 0.2) is 0 Å². The third-order valence-corrected chi connectivity index (χ3v) is 3.87. The Balaban J connectivity index is 1.74. The summed E-state index contributed by atoms with van der Waals surface area (Å²) in [7, 11) is 0. The number of hydrogen-bond donors (Lipinski definition) is 1. The summed E-state index contributed by atoms with van der Waals surface area (Å²) >= 11 is 0. The van der Waals surface area contributed by atoms with Gasteiger partial charge in [0.2, 0.25) is 0 Å². The third kappa shape index (κ3) is 3.16. The zero-order valence-corrected chi connectivity index (χ0v) is 9.82. The van der Waals surface area contributed by atoms with Crippen LogP contribution in [0.4, 0.5) is 0 Å². The van der Waals surface area contributed by atoms with Crippen LogP contribution in [0.1, 0.15) is 26.2 Å². The molecule has 0 amide bonds. The van der Waals surface area contributed by atoms with E-state index in [0.717, 1.165) is 25.7 Å². The molecule has 2 aliphatic heterocycles. The molecule has 3 unspecified atom stereocenters. The van der Waals surface area contributed by atoms with E-state index in [0.29, 0.717) is 12.0 Å². The minimum absolute atomic E-state index is 0.378. The number of piperidine rings is 1. The topological polar surface area (TPSA) is 38.5 Å². The van der Waals surface area contributed by atoms with Crippen molar-refractivity contribution in [2.75, 3.05) is 32.8 Å². The highest BCUT2D eigenvalue weighted by atomic mass is 16.5. The highest BCUT2D eigenvalue weighted by Gasteiger charge is 2.25. The summed E-state index contributed by atoms with van der Waals surface area (Å²) in [6.45, 7) is 7.70. The van der Waals surface area contributed by atoms with Crippen molar-refractivity contribution in [3.63, 3.8) is 0 Å². The Labute approximate surface area is 93.0 Å². The minimum atomic E-state index is 0.378. The van der Waals surface area contributed by atoms with Crippen molar-refractivity contribution >= 4 is 0 Å². The average Bonchev–Trinajstić information content (AvgIpc) is 2.25. The fourth-order valence-electron chi connectivity index (χ4n) is 2.65. The highest BCUT2D eigenvalue weighted by Crippen LogP contribution is 2.20. The molecule has 88 valence electrons. The van der Waals surface area contributed by atoms with Crippen LogP contribution in [0, 0.1) is 11.8 Å². The Morgan fingerprint density at radius 3 is 2.93 bits per heavy atom. The fraction of sp³-hybridized carbons (Fsp3) is 1.00. The second kappa shape index (κ2) is 5.28. The molecule has 0 radical (unpaired) electrons. The van der Waals surface area contributed by atoms with Gasteiger partial charge in [0, 0.05) is 25.7 Å². The first-order chi connectivity index (χ1) is 7.25. The van der Waals surface area contributed by atoms with Crippen LogP contribution in [0.15, 0.2) is 0 Å². The summed E-state index contributed by atoms with van der Waals surface area (Å²) in [4.78, 5) is 2.53. The van der Waals surface area contributed by atoms with Crippen molar-refractivity contribution < 1.29 is 4.74 Å². The molecule has 0 spiro atoms. The van der Waals surface area contributed by atoms with Crippen LogP contribution in [-0.4, -0.2) is 43.8 Å². The van der Waals surface area contributed by atoms with Crippen molar-refractivity contribution in [2.45, 2.75) is 32.2 Å². The van der Waals surface area contributed by atoms with Crippen LogP contribution in [0.2, 0.25) is 0 Å². The fourth-order valence-corrected chi connectivity index (χ4v) is 2.65. The van der Waals surface area contributed by atoms with E-state index < -0.39 is 0 Å². The molecule has 0 aliphatic carbocycles. The molecule has 2 rings (SSSR count). The molecule has 2 heterocycles. The van der Waals surface area contributed by atoms with Crippen molar-refractivity contribution in [2.24, 2.45) is 17.6 Å². The lowest BCUT2D eigenvalue weighted by Gasteiger charge is -2.37. The number of ether oxygens (including phenoxy) is 1. The molecule has 0 aromatic heterocycles. The lowest BCUT2D eigenvalue weighted by molar-refractivity contribution is 0.0311. The molecule has 2 aliphatic rings. The van der Waals surface area contributed by atoms with E-state index in [4.69, 9.17) is 10.5 Å². The molecule has 3 atom stereocenters. The lowest BCUT2D eigenvalue weighted by Crippen LogP contribution is -2.49. The van der Waals surface area contributed by atoms with Crippen molar-refractivity contribution in [1.29, 1.82) is 0 Å². The van der Waals surface area contributed by atoms with Gasteiger partial charge in [0.25, 0.3) is 0 Å². The second-order valence-electron chi connectivity index (χ2n) is 5.27. The first kappa shape index (κ1) is 11.4. The summed E-state index contributed by atoms with van der Waals surface area (Å²) in [5, 5.41) is 0. The van der Waals surface area contributed by atoms with Gasteiger partial charge in [-0.25, -0.2) is 0 Å². The van der Waals surface area contributed by atoms with E-state index >= 15 is 0 Å². The van der Waals surface area contributed by atoms with E-state index in [9.17, 15) is 0 Å². The Morgan fingerprint density at radius 2 is 2.27 bits per heavy atom. The first-order valence-electron chi connectivity index (χ1n) is 6.31. The van der Waals surface area contributed by atoms with Gasteiger partial charge in [0.1, 0.15) is 0 Å². The van der Waals surface area contributed by atoms with E-state index in [1.807, 2.05) is 0 Å².